The number of anilines is 1. The standard InChI is InChI=1S/C17H16BrNO3/c1-21-15-8-12(9-16(11-15)22-2)6-7-17(20)19-14-5-3-4-13(18)10-14/h3-11H,1-2H3,(H,19,20)/b7-6+. The molecule has 0 aliphatic carbocycles. The molecule has 0 unspecified atom stereocenters. The van der Waals surface area contributed by atoms with Crippen LogP contribution in [0.2, 0.25) is 0 Å². The van der Waals surface area contributed by atoms with Crippen LogP contribution in [-0.2, 0) is 4.79 Å². The summed E-state index contributed by atoms with van der Waals surface area (Å²) in [5.41, 5.74) is 1.55. The molecule has 0 radical (unpaired) electrons. The Labute approximate surface area is 137 Å². The highest BCUT2D eigenvalue weighted by atomic mass is 79.9. The summed E-state index contributed by atoms with van der Waals surface area (Å²) < 4.78 is 11.3. The summed E-state index contributed by atoms with van der Waals surface area (Å²) in [7, 11) is 3.17. The van der Waals surface area contributed by atoms with Gasteiger partial charge in [-0.15, -0.1) is 0 Å². The predicted octanol–water partition coefficient (Wildman–Crippen LogP) is 4.12. The van der Waals surface area contributed by atoms with Crippen molar-refractivity contribution in [3.63, 3.8) is 0 Å². The summed E-state index contributed by atoms with van der Waals surface area (Å²) in [6.07, 6.45) is 3.17. The van der Waals surface area contributed by atoms with E-state index in [4.69, 9.17) is 9.47 Å². The van der Waals surface area contributed by atoms with Gasteiger partial charge in [0.1, 0.15) is 11.5 Å². The number of hydrogen-bond donors (Lipinski definition) is 1. The van der Waals surface area contributed by atoms with Crippen LogP contribution in [0.5, 0.6) is 11.5 Å². The summed E-state index contributed by atoms with van der Waals surface area (Å²) in [4.78, 5) is 11.9. The Balaban J connectivity index is 2.09. The van der Waals surface area contributed by atoms with E-state index in [2.05, 4.69) is 21.2 Å². The lowest BCUT2D eigenvalue weighted by Crippen LogP contribution is -2.07. The molecule has 0 saturated heterocycles. The normalized spacial score (nSPS) is 10.5. The number of hydrogen-bond acceptors (Lipinski definition) is 3. The highest BCUT2D eigenvalue weighted by molar-refractivity contribution is 9.10. The maximum atomic E-state index is 11.9. The monoisotopic (exact) mass is 361 g/mol. The van der Waals surface area contributed by atoms with Crippen LogP contribution < -0.4 is 14.8 Å². The smallest absolute Gasteiger partial charge is 0.248 e. The number of rotatable bonds is 5. The van der Waals surface area contributed by atoms with Gasteiger partial charge in [0.15, 0.2) is 0 Å². The van der Waals surface area contributed by atoms with Crippen LogP contribution in [0.4, 0.5) is 5.69 Å². The van der Waals surface area contributed by atoms with Gasteiger partial charge in [0, 0.05) is 22.3 Å². The lowest BCUT2D eigenvalue weighted by Gasteiger charge is -2.06. The first-order chi connectivity index (χ1) is 10.6. The molecule has 0 aliphatic heterocycles. The fourth-order valence-electron chi connectivity index (χ4n) is 1.85. The van der Waals surface area contributed by atoms with Gasteiger partial charge in [0.2, 0.25) is 5.91 Å². The van der Waals surface area contributed by atoms with E-state index in [-0.39, 0.29) is 5.91 Å². The molecule has 0 saturated carbocycles. The van der Waals surface area contributed by atoms with Gasteiger partial charge in [-0.2, -0.15) is 0 Å². The molecule has 1 amide bonds. The van der Waals surface area contributed by atoms with E-state index in [1.807, 2.05) is 36.4 Å². The first-order valence-corrected chi connectivity index (χ1v) is 7.37. The van der Waals surface area contributed by atoms with Crippen molar-refractivity contribution in [1.29, 1.82) is 0 Å². The zero-order valence-electron chi connectivity index (χ0n) is 12.3. The number of methoxy groups -OCH3 is 2. The van der Waals surface area contributed by atoms with E-state index in [1.54, 1.807) is 26.4 Å². The summed E-state index contributed by atoms with van der Waals surface area (Å²) in [6.45, 7) is 0. The minimum Gasteiger partial charge on any atom is -0.497 e. The molecular formula is C17H16BrNO3. The quantitative estimate of drug-likeness (QED) is 0.814. The Morgan fingerprint density at radius 1 is 1.09 bits per heavy atom. The van der Waals surface area contributed by atoms with Crippen molar-refractivity contribution in [2.75, 3.05) is 19.5 Å². The molecule has 0 bridgehead atoms. The van der Waals surface area contributed by atoms with Crippen molar-refractivity contribution in [2.45, 2.75) is 0 Å². The number of carbonyl (C=O) groups is 1. The predicted molar refractivity (Wildman–Crippen MR) is 91.4 cm³/mol. The third kappa shape index (κ3) is 4.63. The molecule has 0 spiro atoms. The van der Waals surface area contributed by atoms with E-state index >= 15 is 0 Å². The topological polar surface area (TPSA) is 47.6 Å². The summed E-state index contributed by atoms with van der Waals surface area (Å²) in [5.74, 6) is 1.14. The molecule has 2 aromatic carbocycles. The zero-order valence-corrected chi connectivity index (χ0v) is 13.9. The van der Waals surface area contributed by atoms with Crippen molar-refractivity contribution >= 4 is 33.6 Å². The number of amides is 1. The Morgan fingerprint density at radius 2 is 1.77 bits per heavy atom. The van der Waals surface area contributed by atoms with Crippen molar-refractivity contribution < 1.29 is 14.3 Å². The second kappa shape index (κ2) is 7.66. The highest BCUT2D eigenvalue weighted by Gasteiger charge is 2.01. The van der Waals surface area contributed by atoms with Crippen molar-refractivity contribution in [3.05, 3.63) is 58.6 Å². The van der Waals surface area contributed by atoms with Crippen molar-refractivity contribution in [2.24, 2.45) is 0 Å². The Hall–Kier alpha value is -2.27. The molecule has 0 aliphatic rings. The highest BCUT2D eigenvalue weighted by Crippen LogP contribution is 2.23. The maximum absolute atomic E-state index is 11.9. The third-order valence-electron chi connectivity index (χ3n) is 2.89. The Bertz CT molecular complexity index is 676. The van der Waals surface area contributed by atoms with Gasteiger partial charge in [-0.05, 0) is 42.0 Å². The van der Waals surface area contributed by atoms with Crippen LogP contribution >= 0.6 is 15.9 Å². The fourth-order valence-corrected chi connectivity index (χ4v) is 2.25. The fraction of sp³-hybridized carbons (Fsp3) is 0.118. The zero-order chi connectivity index (χ0) is 15.9. The minimum atomic E-state index is -0.208. The molecule has 0 fully saturated rings. The molecule has 2 rings (SSSR count). The summed E-state index contributed by atoms with van der Waals surface area (Å²) in [5, 5.41) is 2.79. The lowest BCUT2D eigenvalue weighted by atomic mass is 10.2. The Morgan fingerprint density at radius 3 is 2.36 bits per heavy atom. The van der Waals surface area contributed by atoms with Gasteiger partial charge < -0.3 is 14.8 Å². The van der Waals surface area contributed by atoms with Crippen LogP contribution in [0.25, 0.3) is 6.08 Å². The third-order valence-corrected chi connectivity index (χ3v) is 3.39. The van der Waals surface area contributed by atoms with Gasteiger partial charge in [0.25, 0.3) is 0 Å². The number of ether oxygens (including phenoxy) is 2. The maximum Gasteiger partial charge on any atom is 0.248 e. The molecule has 5 heteroatoms. The van der Waals surface area contributed by atoms with Gasteiger partial charge in [-0.3, -0.25) is 4.79 Å². The molecule has 4 nitrogen and oxygen atoms in total. The van der Waals surface area contributed by atoms with E-state index in [1.165, 1.54) is 6.08 Å². The Kier molecular flexibility index (Phi) is 5.61. The van der Waals surface area contributed by atoms with E-state index in [0.29, 0.717) is 11.5 Å². The average Bonchev–Trinajstić information content (AvgIpc) is 2.52. The van der Waals surface area contributed by atoms with Crippen LogP contribution in [0.3, 0.4) is 0 Å². The van der Waals surface area contributed by atoms with Crippen LogP contribution in [0.15, 0.2) is 53.0 Å². The number of carbonyl (C=O) groups excluding carboxylic acids is 1. The second-order valence-corrected chi connectivity index (χ2v) is 5.39. The van der Waals surface area contributed by atoms with Crippen LogP contribution in [-0.4, -0.2) is 20.1 Å². The van der Waals surface area contributed by atoms with Gasteiger partial charge in [0.05, 0.1) is 14.2 Å². The van der Waals surface area contributed by atoms with E-state index < -0.39 is 0 Å². The van der Waals surface area contributed by atoms with E-state index in [9.17, 15) is 4.79 Å². The second-order valence-electron chi connectivity index (χ2n) is 4.48. The van der Waals surface area contributed by atoms with E-state index in [0.717, 1.165) is 15.7 Å². The number of nitrogens with one attached hydrogen (secondary N) is 1. The molecule has 0 atom stereocenters. The molecule has 0 heterocycles. The van der Waals surface area contributed by atoms with Gasteiger partial charge in [-0.1, -0.05) is 22.0 Å². The van der Waals surface area contributed by atoms with Crippen LogP contribution in [0.1, 0.15) is 5.56 Å². The number of benzene rings is 2. The first-order valence-electron chi connectivity index (χ1n) is 6.58. The summed E-state index contributed by atoms with van der Waals surface area (Å²) in [6, 6.07) is 12.8. The molecule has 2 aromatic rings. The van der Waals surface area contributed by atoms with Gasteiger partial charge >= 0.3 is 0 Å². The molecule has 22 heavy (non-hydrogen) atoms. The summed E-state index contributed by atoms with van der Waals surface area (Å²) >= 11 is 3.36. The number of halogens is 1. The van der Waals surface area contributed by atoms with Crippen molar-refractivity contribution in [1.82, 2.24) is 0 Å². The van der Waals surface area contributed by atoms with Gasteiger partial charge in [-0.25, -0.2) is 0 Å². The van der Waals surface area contributed by atoms with Crippen molar-refractivity contribution in [3.8, 4) is 11.5 Å². The molecule has 1 N–H and O–H groups in total. The molecule has 0 aromatic heterocycles. The average molecular weight is 362 g/mol. The lowest BCUT2D eigenvalue weighted by molar-refractivity contribution is -0.111. The molecular weight excluding hydrogens is 346 g/mol. The largest absolute Gasteiger partial charge is 0.497 e. The SMILES string of the molecule is COc1cc(/C=C/C(=O)Nc2cccc(Br)c2)cc(OC)c1. The van der Waals surface area contributed by atoms with Crippen LogP contribution in [0, 0.1) is 0 Å². The first kappa shape index (κ1) is 16.1. The minimum absolute atomic E-state index is 0.208. The molecule has 114 valence electrons.